The van der Waals surface area contributed by atoms with E-state index < -0.39 is 0 Å². The van der Waals surface area contributed by atoms with Crippen LogP contribution in [0.4, 0.5) is 5.69 Å². The number of nitrogens with zero attached hydrogens (tertiary/aromatic N) is 1. The summed E-state index contributed by atoms with van der Waals surface area (Å²) in [6.45, 7) is 7.97. The Labute approximate surface area is 155 Å². The first-order valence-corrected chi connectivity index (χ1v) is 8.80. The summed E-state index contributed by atoms with van der Waals surface area (Å²) in [4.78, 5) is 38.4. The fourth-order valence-electron chi connectivity index (χ4n) is 2.60. The van der Waals surface area contributed by atoms with E-state index in [4.69, 9.17) is 0 Å². The van der Waals surface area contributed by atoms with Gasteiger partial charge in [-0.25, -0.2) is 0 Å². The predicted octanol–water partition coefficient (Wildman–Crippen LogP) is -0.260. The van der Waals surface area contributed by atoms with Crippen LogP contribution in [-0.2, 0) is 14.4 Å². The van der Waals surface area contributed by atoms with Gasteiger partial charge in [-0.05, 0) is 38.8 Å². The molecule has 0 heterocycles. The molecule has 0 fully saturated rings. The van der Waals surface area contributed by atoms with Crippen molar-refractivity contribution in [2.75, 3.05) is 39.0 Å². The van der Waals surface area contributed by atoms with Crippen molar-refractivity contribution in [3.8, 4) is 0 Å². The van der Waals surface area contributed by atoms with E-state index in [-0.39, 0.29) is 43.4 Å². The van der Waals surface area contributed by atoms with E-state index in [1.54, 1.807) is 14.1 Å². The summed E-state index contributed by atoms with van der Waals surface area (Å²) in [5.74, 6) is -0.523. The molecule has 0 aliphatic rings. The number of hydrogen-bond acceptors (Lipinski definition) is 3. The molecule has 7 heteroatoms. The molecule has 1 aromatic carbocycles. The highest BCUT2D eigenvalue weighted by Crippen LogP contribution is 2.19. The largest absolute Gasteiger partial charge is 0.349 e. The normalized spacial score (nSPS) is 11.8. The number of quaternary nitrogens is 1. The lowest BCUT2D eigenvalue weighted by Crippen LogP contribution is -3.11. The predicted molar refractivity (Wildman–Crippen MR) is 102 cm³/mol. The summed E-state index contributed by atoms with van der Waals surface area (Å²) in [6, 6.07) is 5.86. The summed E-state index contributed by atoms with van der Waals surface area (Å²) in [6.07, 6.45) is 0. The molecule has 0 spiro atoms. The van der Waals surface area contributed by atoms with Gasteiger partial charge in [0.15, 0.2) is 13.1 Å². The highest BCUT2D eigenvalue weighted by molar-refractivity contribution is 5.95. The van der Waals surface area contributed by atoms with E-state index >= 15 is 0 Å². The molecule has 144 valence electrons. The number of para-hydroxylation sites is 1. The van der Waals surface area contributed by atoms with Crippen LogP contribution in [0, 0.1) is 13.8 Å². The van der Waals surface area contributed by atoms with Crippen molar-refractivity contribution >= 4 is 23.4 Å². The third kappa shape index (κ3) is 7.23. The molecule has 3 amide bonds. The van der Waals surface area contributed by atoms with Gasteiger partial charge in [0.25, 0.3) is 11.8 Å². The van der Waals surface area contributed by atoms with Crippen molar-refractivity contribution in [2.24, 2.45) is 0 Å². The molecule has 1 aromatic rings. The zero-order valence-electron chi connectivity index (χ0n) is 16.6. The molecule has 0 radical (unpaired) electrons. The summed E-state index contributed by atoms with van der Waals surface area (Å²) in [7, 11) is 3.37. The van der Waals surface area contributed by atoms with Crippen LogP contribution in [0.1, 0.15) is 25.0 Å². The van der Waals surface area contributed by atoms with Crippen molar-refractivity contribution in [1.82, 2.24) is 10.2 Å². The van der Waals surface area contributed by atoms with Crippen molar-refractivity contribution in [1.29, 1.82) is 0 Å². The molecular weight excluding hydrogens is 332 g/mol. The zero-order valence-corrected chi connectivity index (χ0v) is 16.6. The molecule has 0 aliphatic carbocycles. The molecule has 0 aliphatic heterocycles. The Morgan fingerprint density at radius 3 is 2.19 bits per heavy atom. The average molecular weight is 363 g/mol. The molecule has 26 heavy (non-hydrogen) atoms. The monoisotopic (exact) mass is 363 g/mol. The zero-order chi connectivity index (χ0) is 19.9. The second kappa shape index (κ2) is 9.91. The maximum Gasteiger partial charge on any atom is 0.277 e. The van der Waals surface area contributed by atoms with E-state index in [1.807, 2.05) is 45.9 Å². The molecule has 7 nitrogen and oxygen atoms in total. The molecule has 3 N–H and O–H groups in total. The number of likely N-dealkylation sites (N-methyl/N-ethyl adjacent to an activating group) is 2. The number of aryl methyl sites for hydroxylation is 2. The standard InChI is InChI=1S/C19H30N4O3/c1-13(2)20-16(24)10-22(5)12-18(26)23(6)11-17(25)21-19-14(3)8-7-9-15(19)4/h7-9,13H,10-12H2,1-6H3,(H,20,24)(H,21,25)/p+1. The fraction of sp³-hybridized carbons (Fsp3) is 0.526. The Hall–Kier alpha value is -2.41. The average Bonchev–Trinajstić information content (AvgIpc) is 2.49. The number of nitrogens with one attached hydrogen (secondary N) is 3. The van der Waals surface area contributed by atoms with Crippen LogP contribution in [0.5, 0.6) is 0 Å². The first-order chi connectivity index (χ1) is 12.1. The number of carbonyl (C=O) groups excluding carboxylic acids is 3. The fourth-order valence-corrected chi connectivity index (χ4v) is 2.60. The Morgan fingerprint density at radius 2 is 1.65 bits per heavy atom. The lowest BCUT2D eigenvalue weighted by Gasteiger charge is -2.20. The first-order valence-electron chi connectivity index (χ1n) is 8.80. The van der Waals surface area contributed by atoms with Crippen LogP contribution in [0.3, 0.4) is 0 Å². The quantitative estimate of drug-likeness (QED) is 0.595. The lowest BCUT2D eigenvalue weighted by molar-refractivity contribution is -0.863. The van der Waals surface area contributed by atoms with Crippen LogP contribution in [0.25, 0.3) is 0 Å². The number of anilines is 1. The Bertz CT molecular complexity index is 638. The van der Waals surface area contributed by atoms with E-state index in [9.17, 15) is 14.4 Å². The molecule has 1 unspecified atom stereocenters. The topological polar surface area (TPSA) is 83.0 Å². The minimum Gasteiger partial charge on any atom is -0.349 e. The van der Waals surface area contributed by atoms with E-state index in [0.29, 0.717) is 0 Å². The number of hydrogen-bond donors (Lipinski definition) is 3. The summed E-state index contributed by atoms with van der Waals surface area (Å²) >= 11 is 0. The van der Waals surface area contributed by atoms with Crippen LogP contribution in [0.15, 0.2) is 18.2 Å². The van der Waals surface area contributed by atoms with Crippen molar-refractivity contribution < 1.29 is 19.3 Å². The second-order valence-electron chi connectivity index (χ2n) is 7.10. The lowest BCUT2D eigenvalue weighted by atomic mass is 10.1. The van der Waals surface area contributed by atoms with Gasteiger partial charge in [-0.3, -0.25) is 14.4 Å². The molecule has 0 saturated carbocycles. The van der Waals surface area contributed by atoms with Crippen molar-refractivity contribution in [2.45, 2.75) is 33.7 Å². The number of rotatable bonds is 8. The molecule has 1 atom stereocenters. The molecular formula is C19H31N4O3+. The first kappa shape index (κ1) is 21.6. The van der Waals surface area contributed by atoms with Crippen molar-refractivity contribution in [3.63, 3.8) is 0 Å². The maximum atomic E-state index is 12.3. The van der Waals surface area contributed by atoms with Crippen LogP contribution in [-0.4, -0.2) is 62.4 Å². The van der Waals surface area contributed by atoms with Gasteiger partial charge in [-0.15, -0.1) is 0 Å². The van der Waals surface area contributed by atoms with E-state index in [0.717, 1.165) is 21.7 Å². The minimum absolute atomic E-state index is 0.0297. The van der Waals surface area contributed by atoms with Gasteiger partial charge in [0.2, 0.25) is 5.91 Å². The Kier molecular flexibility index (Phi) is 8.25. The third-order valence-electron chi connectivity index (χ3n) is 3.92. The van der Waals surface area contributed by atoms with Crippen LogP contribution in [0.2, 0.25) is 0 Å². The van der Waals surface area contributed by atoms with Gasteiger partial charge in [0.05, 0.1) is 13.6 Å². The maximum absolute atomic E-state index is 12.3. The summed E-state index contributed by atoms with van der Waals surface area (Å²) in [5.41, 5.74) is 2.74. The number of amides is 3. The molecule has 0 saturated heterocycles. The van der Waals surface area contributed by atoms with Crippen molar-refractivity contribution in [3.05, 3.63) is 29.3 Å². The second-order valence-corrected chi connectivity index (χ2v) is 7.10. The van der Waals surface area contributed by atoms with Gasteiger partial charge >= 0.3 is 0 Å². The van der Waals surface area contributed by atoms with Gasteiger partial charge < -0.3 is 20.4 Å². The Morgan fingerprint density at radius 1 is 1.08 bits per heavy atom. The molecule has 1 rings (SSSR count). The van der Waals surface area contributed by atoms with Gasteiger partial charge in [-0.2, -0.15) is 0 Å². The van der Waals surface area contributed by atoms with Gasteiger partial charge in [0, 0.05) is 18.8 Å². The van der Waals surface area contributed by atoms with Gasteiger partial charge in [0.1, 0.15) is 0 Å². The smallest absolute Gasteiger partial charge is 0.277 e. The molecule has 0 bridgehead atoms. The molecule has 0 aromatic heterocycles. The Balaban J connectivity index is 2.50. The summed E-state index contributed by atoms with van der Waals surface area (Å²) < 4.78 is 0. The van der Waals surface area contributed by atoms with E-state index in [2.05, 4.69) is 10.6 Å². The minimum atomic E-state index is -0.242. The third-order valence-corrected chi connectivity index (χ3v) is 3.92. The SMILES string of the molecule is Cc1cccc(C)c1NC(=O)CN(C)C(=O)C[NH+](C)CC(=O)NC(C)C. The number of carbonyl (C=O) groups is 3. The van der Waals surface area contributed by atoms with Crippen LogP contribution >= 0.6 is 0 Å². The van der Waals surface area contributed by atoms with Crippen LogP contribution < -0.4 is 15.5 Å². The number of benzene rings is 1. The highest BCUT2D eigenvalue weighted by atomic mass is 16.2. The summed E-state index contributed by atoms with van der Waals surface area (Å²) in [5, 5.41) is 5.67. The highest BCUT2D eigenvalue weighted by Gasteiger charge is 2.19. The van der Waals surface area contributed by atoms with Gasteiger partial charge in [-0.1, -0.05) is 18.2 Å². The van der Waals surface area contributed by atoms with E-state index in [1.165, 1.54) is 4.90 Å².